The number of halogens is 1. The van der Waals surface area contributed by atoms with Gasteiger partial charge in [0.2, 0.25) is 0 Å². The second-order valence-corrected chi connectivity index (χ2v) is 5.07. The van der Waals surface area contributed by atoms with Crippen LogP contribution in [0, 0.1) is 5.82 Å². The van der Waals surface area contributed by atoms with Crippen LogP contribution in [0.5, 0.6) is 0 Å². The van der Waals surface area contributed by atoms with E-state index in [0.717, 1.165) is 31.6 Å². The van der Waals surface area contributed by atoms with Crippen molar-refractivity contribution in [2.24, 2.45) is 0 Å². The number of nitrogens with one attached hydrogen (secondary N) is 1. The number of amides is 2. The molecule has 7 heteroatoms. The summed E-state index contributed by atoms with van der Waals surface area (Å²) in [5.74, 6) is -2.20. The molecule has 2 N–H and O–H groups in total. The summed E-state index contributed by atoms with van der Waals surface area (Å²) in [6, 6.07) is 3.25. The van der Waals surface area contributed by atoms with Crippen molar-refractivity contribution in [2.45, 2.75) is 6.42 Å². The molecule has 0 aliphatic carbocycles. The highest BCUT2D eigenvalue weighted by molar-refractivity contribution is 5.91. The summed E-state index contributed by atoms with van der Waals surface area (Å²) in [5, 5.41) is 11.4. The van der Waals surface area contributed by atoms with E-state index in [2.05, 4.69) is 10.2 Å². The van der Waals surface area contributed by atoms with Crippen molar-refractivity contribution in [1.82, 2.24) is 9.80 Å². The zero-order valence-corrected chi connectivity index (χ0v) is 11.8. The van der Waals surface area contributed by atoms with Gasteiger partial charge in [-0.2, -0.15) is 0 Å². The Labute approximate surface area is 122 Å². The van der Waals surface area contributed by atoms with E-state index in [-0.39, 0.29) is 11.7 Å². The number of likely N-dealkylation sites (N-methyl/N-ethyl adjacent to an activating group) is 1. The highest BCUT2D eigenvalue weighted by Crippen LogP contribution is 2.15. The predicted molar refractivity (Wildman–Crippen MR) is 76.1 cm³/mol. The Bertz CT molecular complexity index is 550. The maximum absolute atomic E-state index is 13.6. The van der Waals surface area contributed by atoms with Gasteiger partial charge in [-0.05, 0) is 38.2 Å². The molecule has 1 aromatic carbocycles. The molecule has 6 nitrogen and oxygen atoms in total. The lowest BCUT2D eigenvalue weighted by atomic mass is 10.2. The Morgan fingerprint density at radius 2 is 2.00 bits per heavy atom. The number of urea groups is 1. The molecule has 1 fully saturated rings. The van der Waals surface area contributed by atoms with E-state index in [0.29, 0.717) is 13.1 Å². The maximum atomic E-state index is 13.6. The largest absolute Gasteiger partial charge is 0.478 e. The van der Waals surface area contributed by atoms with Gasteiger partial charge in [0.1, 0.15) is 5.82 Å². The van der Waals surface area contributed by atoms with Crippen LogP contribution in [0.15, 0.2) is 18.2 Å². The van der Waals surface area contributed by atoms with Gasteiger partial charge in [-0.3, -0.25) is 0 Å². The molecule has 0 radical (unpaired) electrons. The van der Waals surface area contributed by atoms with Crippen molar-refractivity contribution in [3.05, 3.63) is 29.6 Å². The summed E-state index contributed by atoms with van der Waals surface area (Å²) < 4.78 is 13.6. The Morgan fingerprint density at radius 1 is 1.24 bits per heavy atom. The van der Waals surface area contributed by atoms with Crippen LogP contribution < -0.4 is 5.32 Å². The average molecular weight is 295 g/mol. The first-order valence-corrected chi connectivity index (χ1v) is 6.74. The normalized spacial score (nSPS) is 16.4. The number of hydrogen-bond acceptors (Lipinski definition) is 3. The lowest BCUT2D eigenvalue weighted by Gasteiger charge is -2.21. The van der Waals surface area contributed by atoms with Gasteiger partial charge in [0.05, 0.1) is 5.56 Å². The molecule has 1 aromatic rings. The Balaban J connectivity index is 2.02. The van der Waals surface area contributed by atoms with Gasteiger partial charge >= 0.3 is 12.0 Å². The number of carbonyl (C=O) groups is 2. The average Bonchev–Trinajstić information content (AvgIpc) is 2.63. The molecule has 1 saturated heterocycles. The van der Waals surface area contributed by atoms with Crippen molar-refractivity contribution in [3.8, 4) is 0 Å². The smallest absolute Gasteiger partial charge is 0.338 e. The number of benzene rings is 1. The summed E-state index contributed by atoms with van der Waals surface area (Å²) >= 11 is 0. The fourth-order valence-corrected chi connectivity index (χ4v) is 2.22. The van der Waals surface area contributed by atoms with Crippen LogP contribution in [-0.4, -0.2) is 60.1 Å². The van der Waals surface area contributed by atoms with Crippen LogP contribution in [-0.2, 0) is 0 Å². The standard InChI is InChI=1S/C14H18FN3O3/c1-17-5-2-6-18(8-7-17)14(21)16-10-3-4-11(13(19)20)12(15)9-10/h3-4,9H,2,5-8H2,1H3,(H,16,21)(H,19,20). The van der Waals surface area contributed by atoms with Crippen molar-refractivity contribution in [2.75, 3.05) is 38.5 Å². The molecule has 2 rings (SSSR count). The van der Waals surface area contributed by atoms with Gasteiger partial charge in [0.25, 0.3) is 0 Å². The van der Waals surface area contributed by atoms with Crippen LogP contribution >= 0.6 is 0 Å². The summed E-state index contributed by atoms with van der Waals surface area (Å²) in [4.78, 5) is 26.7. The van der Waals surface area contributed by atoms with Crippen LogP contribution in [0.25, 0.3) is 0 Å². The number of carbonyl (C=O) groups excluding carboxylic acids is 1. The number of carboxylic acid groups (broad SMARTS) is 1. The van der Waals surface area contributed by atoms with Crippen LogP contribution in [0.2, 0.25) is 0 Å². The minimum atomic E-state index is -1.33. The fourth-order valence-electron chi connectivity index (χ4n) is 2.22. The van der Waals surface area contributed by atoms with Gasteiger partial charge in [0, 0.05) is 25.3 Å². The summed E-state index contributed by atoms with van der Waals surface area (Å²) in [5.41, 5.74) is -0.163. The number of anilines is 1. The maximum Gasteiger partial charge on any atom is 0.338 e. The molecule has 2 amide bonds. The summed E-state index contributed by atoms with van der Waals surface area (Å²) in [6.45, 7) is 2.98. The molecular formula is C14H18FN3O3. The highest BCUT2D eigenvalue weighted by Gasteiger charge is 2.18. The lowest BCUT2D eigenvalue weighted by Crippen LogP contribution is -2.37. The molecule has 0 saturated carbocycles. The molecule has 1 aliphatic rings. The molecule has 0 aromatic heterocycles. The molecule has 0 bridgehead atoms. The van der Waals surface area contributed by atoms with E-state index < -0.39 is 17.3 Å². The third-order valence-electron chi connectivity index (χ3n) is 3.46. The zero-order valence-electron chi connectivity index (χ0n) is 11.8. The Kier molecular flexibility index (Phi) is 4.74. The number of carboxylic acids is 1. The van der Waals surface area contributed by atoms with Gasteiger partial charge in [0.15, 0.2) is 0 Å². The Morgan fingerprint density at radius 3 is 2.67 bits per heavy atom. The number of nitrogens with zero attached hydrogens (tertiary/aromatic N) is 2. The van der Waals surface area contributed by atoms with Crippen LogP contribution in [0.1, 0.15) is 16.8 Å². The zero-order chi connectivity index (χ0) is 15.4. The first kappa shape index (κ1) is 15.2. The minimum absolute atomic E-state index is 0.250. The van der Waals surface area contributed by atoms with E-state index >= 15 is 0 Å². The molecule has 1 heterocycles. The van der Waals surface area contributed by atoms with E-state index in [1.807, 2.05) is 7.05 Å². The monoisotopic (exact) mass is 295 g/mol. The van der Waals surface area contributed by atoms with E-state index in [4.69, 9.17) is 5.11 Å². The highest BCUT2D eigenvalue weighted by atomic mass is 19.1. The fraction of sp³-hybridized carbons (Fsp3) is 0.429. The quantitative estimate of drug-likeness (QED) is 0.871. The van der Waals surface area contributed by atoms with Gasteiger partial charge < -0.3 is 20.2 Å². The third-order valence-corrected chi connectivity index (χ3v) is 3.46. The SMILES string of the molecule is CN1CCCN(C(=O)Nc2ccc(C(=O)O)c(F)c2)CC1. The first-order valence-electron chi connectivity index (χ1n) is 6.74. The number of hydrogen-bond donors (Lipinski definition) is 2. The van der Waals surface area contributed by atoms with Crippen molar-refractivity contribution >= 4 is 17.7 Å². The molecule has 114 valence electrons. The molecule has 0 unspecified atom stereocenters. The topological polar surface area (TPSA) is 72.9 Å². The molecule has 21 heavy (non-hydrogen) atoms. The van der Waals surface area contributed by atoms with E-state index in [1.54, 1.807) is 4.90 Å². The van der Waals surface area contributed by atoms with Gasteiger partial charge in [-0.25, -0.2) is 14.0 Å². The first-order chi connectivity index (χ1) is 9.97. The number of rotatable bonds is 2. The van der Waals surface area contributed by atoms with Crippen molar-refractivity contribution in [3.63, 3.8) is 0 Å². The van der Waals surface area contributed by atoms with Gasteiger partial charge in [-0.15, -0.1) is 0 Å². The van der Waals surface area contributed by atoms with Gasteiger partial charge in [-0.1, -0.05) is 0 Å². The molecule has 1 aliphatic heterocycles. The second-order valence-electron chi connectivity index (χ2n) is 5.07. The predicted octanol–water partition coefficient (Wildman–Crippen LogP) is 1.69. The third kappa shape index (κ3) is 3.91. The van der Waals surface area contributed by atoms with E-state index in [1.165, 1.54) is 6.07 Å². The van der Waals surface area contributed by atoms with Crippen LogP contribution in [0.4, 0.5) is 14.9 Å². The molecule has 0 spiro atoms. The molecular weight excluding hydrogens is 277 g/mol. The lowest BCUT2D eigenvalue weighted by molar-refractivity contribution is 0.0692. The minimum Gasteiger partial charge on any atom is -0.478 e. The molecule has 0 atom stereocenters. The number of aromatic carboxylic acids is 1. The van der Waals surface area contributed by atoms with Crippen molar-refractivity contribution < 1.29 is 19.1 Å². The summed E-state index contributed by atoms with van der Waals surface area (Å²) in [7, 11) is 2.00. The second kappa shape index (κ2) is 6.53. The van der Waals surface area contributed by atoms with Crippen molar-refractivity contribution in [1.29, 1.82) is 0 Å². The van der Waals surface area contributed by atoms with E-state index in [9.17, 15) is 14.0 Å². The summed E-state index contributed by atoms with van der Waals surface area (Å²) in [6.07, 6.45) is 0.885. The van der Waals surface area contributed by atoms with Crippen LogP contribution in [0.3, 0.4) is 0 Å². The Hall–Kier alpha value is -2.15.